The largest absolute Gasteiger partial charge is 0.464 e. The fourth-order valence-electron chi connectivity index (χ4n) is 1.84. The zero-order chi connectivity index (χ0) is 15.6. The monoisotopic (exact) mass is 295 g/mol. The minimum atomic E-state index is -1.78. The number of nitrogens with one attached hydrogen (secondary N) is 1. The van der Waals surface area contributed by atoms with Crippen molar-refractivity contribution in [3.63, 3.8) is 0 Å². The predicted octanol–water partition coefficient (Wildman–Crippen LogP) is -0.561. The van der Waals surface area contributed by atoms with Crippen LogP contribution in [0.25, 0.3) is 10.9 Å². The molecule has 0 spiro atoms. The third-order valence-corrected chi connectivity index (χ3v) is 2.85. The third kappa shape index (κ3) is 3.01. The Morgan fingerprint density at radius 1 is 1.38 bits per heavy atom. The minimum Gasteiger partial charge on any atom is -0.464 e. The number of aromatic amines is 1. The number of aromatic nitrogens is 1. The van der Waals surface area contributed by atoms with E-state index < -0.39 is 29.6 Å². The van der Waals surface area contributed by atoms with Crippen LogP contribution < -0.4 is 11.4 Å². The van der Waals surface area contributed by atoms with E-state index >= 15 is 0 Å². The van der Waals surface area contributed by atoms with E-state index in [-0.39, 0.29) is 23.1 Å². The molecule has 2 atom stereocenters. The van der Waals surface area contributed by atoms with Crippen molar-refractivity contribution in [3.05, 3.63) is 44.7 Å². The summed E-state index contributed by atoms with van der Waals surface area (Å²) < 4.78 is 8.97. The van der Waals surface area contributed by atoms with Crippen molar-refractivity contribution >= 4 is 16.9 Å². The molecule has 21 heavy (non-hydrogen) atoms. The molecule has 1 aromatic heterocycles. The first-order chi connectivity index (χ1) is 9.93. The summed E-state index contributed by atoms with van der Waals surface area (Å²) in [5.74, 6) is -1.87. The number of hydrogen-bond donors (Lipinski definition) is 3. The first-order valence-electron chi connectivity index (χ1n) is 6.14. The molecule has 2 rings (SSSR count). The lowest BCUT2D eigenvalue weighted by Gasteiger charge is -2.16. The summed E-state index contributed by atoms with van der Waals surface area (Å²) in [6, 6.07) is 3.96. The second-order valence-electron chi connectivity index (χ2n) is 4.25. The summed E-state index contributed by atoms with van der Waals surface area (Å²) in [5, 5.41) is 19.6. The van der Waals surface area contributed by atoms with Gasteiger partial charge in [0.05, 0.1) is 17.5 Å². The van der Waals surface area contributed by atoms with Crippen LogP contribution in [-0.2, 0) is 9.53 Å². The quantitative estimate of drug-likeness (QED) is 0.644. The zero-order valence-electron chi connectivity index (χ0n) is 11.0. The molecule has 112 valence electrons. The number of ether oxygens (including phenoxy) is 1. The van der Waals surface area contributed by atoms with Crippen molar-refractivity contribution in [2.45, 2.75) is 19.1 Å². The molecule has 8 nitrogen and oxygen atoms in total. The summed E-state index contributed by atoms with van der Waals surface area (Å²) in [4.78, 5) is 36.3. The first kappa shape index (κ1) is 14.9. The number of hydrogen-bond acceptors (Lipinski definition) is 7. The summed E-state index contributed by atoms with van der Waals surface area (Å²) in [5.41, 5.74) is -0.548. The molecule has 0 amide bonds. The van der Waals surface area contributed by atoms with Crippen LogP contribution >= 0.6 is 0 Å². The third-order valence-electron chi connectivity index (χ3n) is 2.85. The second kappa shape index (κ2) is 5.90. The van der Waals surface area contributed by atoms with Crippen molar-refractivity contribution in [2.24, 2.45) is 0 Å². The van der Waals surface area contributed by atoms with E-state index in [0.717, 1.165) is 0 Å². The highest BCUT2D eigenvalue weighted by atomic mass is 16.5. The van der Waals surface area contributed by atoms with Crippen LogP contribution in [0.15, 0.2) is 32.2 Å². The molecule has 0 saturated heterocycles. The first-order valence-corrected chi connectivity index (χ1v) is 6.14. The van der Waals surface area contributed by atoms with Gasteiger partial charge in [-0.1, -0.05) is 6.07 Å². The normalized spacial score (nSPS) is 13.9. The van der Waals surface area contributed by atoms with Crippen molar-refractivity contribution in [3.8, 4) is 0 Å². The average molecular weight is 295 g/mol. The van der Waals surface area contributed by atoms with Gasteiger partial charge in [0.1, 0.15) is 6.10 Å². The van der Waals surface area contributed by atoms with Crippen LogP contribution in [0.2, 0.25) is 0 Å². The summed E-state index contributed by atoms with van der Waals surface area (Å²) in [6.07, 6.45) is -3.35. The predicted molar refractivity (Wildman–Crippen MR) is 70.7 cm³/mol. The Balaban J connectivity index is 2.41. The van der Waals surface area contributed by atoms with Gasteiger partial charge in [0, 0.05) is 0 Å². The van der Waals surface area contributed by atoms with Crippen molar-refractivity contribution in [2.75, 3.05) is 6.61 Å². The van der Waals surface area contributed by atoms with Gasteiger partial charge in [-0.3, -0.25) is 4.98 Å². The Morgan fingerprint density at radius 3 is 2.76 bits per heavy atom. The molecule has 8 heteroatoms. The Bertz CT molecular complexity index is 776. The molecule has 0 saturated carbocycles. The van der Waals surface area contributed by atoms with Crippen molar-refractivity contribution < 1.29 is 24.2 Å². The lowest BCUT2D eigenvalue weighted by atomic mass is 10.0. The van der Waals surface area contributed by atoms with Crippen LogP contribution in [0.4, 0.5) is 0 Å². The number of aliphatic hydroxyl groups is 2. The standard InChI is InChI=1S/C13H13NO7/c1-2-20-12(18)10(16)9(15)6-3-4-8-7(5-6)11(17)21-13(19)14-8/h3-5,9-10,15-16H,2H2,1H3,(H,14,19). The number of aliphatic hydroxyl groups excluding tert-OH is 2. The number of fused-ring (bicyclic) bond motifs is 1. The Hall–Kier alpha value is -2.45. The highest BCUT2D eigenvalue weighted by molar-refractivity contribution is 5.79. The zero-order valence-corrected chi connectivity index (χ0v) is 11.0. The maximum Gasteiger partial charge on any atom is 0.419 e. The maximum atomic E-state index is 11.6. The van der Waals surface area contributed by atoms with Crippen LogP contribution in [0, 0.1) is 0 Å². The molecule has 0 aliphatic rings. The van der Waals surface area contributed by atoms with E-state index in [2.05, 4.69) is 14.1 Å². The summed E-state index contributed by atoms with van der Waals surface area (Å²) >= 11 is 0. The van der Waals surface area contributed by atoms with Crippen molar-refractivity contribution in [1.82, 2.24) is 4.98 Å². The van der Waals surface area contributed by atoms with E-state index in [0.29, 0.717) is 0 Å². The van der Waals surface area contributed by atoms with Gasteiger partial charge in [0.15, 0.2) is 6.10 Å². The van der Waals surface area contributed by atoms with Crippen LogP contribution in [0.1, 0.15) is 18.6 Å². The smallest absolute Gasteiger partial charge is 0.419 e. The molecular formula is C13H13NO7. The number of H-pyrrole nitrogens is 1. The second-order valence-corrected chi connectivity index (χ2v) is 4.25. The number of carbonyl (C=O) groups excluding carboxylic acids is 1. The SMILES string of the molecule is CCOC(=O)C(O)C(O)c1ccc2[nH]c(=O)oc(=O)c2c1. The molecule has 0 radical (unpaired) electrons. The van der Waals surface area contributed by atoms with E-state index in [1.807, 2.05) is 0 Å². The molecule has 2 aromatic rings. The minimum absolute atomic E-state index is 0.0159. The highest BCUT2D eigenvalue weighted by Crippen LogP contribution is 2.20. The average Bonchev–Trinajstić information content (AvgIpc) is 2.45. The number of esters is 1. The maximum absolute atomic E-state index is 11.6. The number of rotatable bonds is 4. The topological polar surface area (TPSA) is 130 Å². The lowest BCUT2D eigenvalue weighted by Crippen LogP contribution is -2.30. The van der Waals surface area contributed by atoms with Gasteiger partial charge >= 0.3 is 17.4 Å². The highest BCUT2D eigenvalue weighted by Gasteiger charge is 2.27. The van der Waals surface area contributed by atoms with Crippen LogP contribution in [0.3, 0.4) is 0 Å². The van der Waals surface area contributed by atoms with E-state index in [1.165, 1.54) is 18.2 Å². The summed E-state index contributed by atoms with van der Waals surface area (Å²) in [7, 11) is 0. The lowest BCUT2D eigenvalue weighted by molar-refractivity contribution is -0.159. The molecule has 2 unspecified atom stereocenters. The summed E-state index contributed by atoms with van der Waals surface area (Å²) in [6.45, 7) is 1.62. The Morgan fingerprint density at radius 2 is 2.10 bits per heavy atom. The van der Waals surface area contributed by atoms with Gasteiger partial charge in [0.25, 0.3) is 0 Å². The molecule has 0 aliphatic carbocycles. The van der Waals surface area contributed by atoms with Crippen LogP contribution in [0.5, 0.6) is 0 Å². The molecule has 1 aromatic carbocycles. The molecule has 0 fully saturated rings. The number of benzene rings is 1. The van der Waals surface area contributed by atoms with E-state index in [9.17, 15) is 24.6 Å². The molecule has 3 N–H and O–H groups in total. The van der Waals surface area contributed by atoms with Crippen molar-refractivity contribution in [1.29, 1.82) is 0 Å². The van der Waals surface area contributed by atoms with Gasteiger partial charge in [-0.2, -0.15) is 0 Å². The Labute approximate surface area is 117 Å². The van der Waals surface area contributed by atoms with Crippen LogP contribution in [-0.4, -0.2) is 33.9 Å². The van der Waals surface area contributed by atoms with E-state index in [1.54, 1.807) is 6.92 Å². The molecule has 1 heterocycles. The fourth-order valence-corrected chi connectivity index (χ4v) is 1.84. The van der Waals surface area contributed by atoms with E-state index in [4.69, 9.17) is 0 Å². The van der Waals surface area contributed by atoms with Gasteiger partial charge in [-0.05, 0) is 24.6 Å². The molecule has 0 bridgehead atoms. The Kier molecular flexibility index (Phi) is 4.20. The van der Waals surface area contributed by atoms with Gasteiger partial charge in [-0.15, -0.1) is 0 Å². The fraction of sp³-hybridized carbons (Fsp3) is 0.308. The number of carbonyl (C=O) groups is 1. The van der Waals surface area contributed by atoms with Gasteiger partial charge in [-0.25, -0.2) is 14.4 Å². The molecular weight excluding hydrogens is 282 g/mol. The van der Waals surface area contributed by atoms with Gasteiger partial charge in [0.2, 0.25) is 0 Å². The van der Waals surface area contributed by atoms with Gasteiger partial charge < -0.3 is 19.4 Å². The molecule has 0 aliphatic heterocycles.